The van der Waals surface area contributed by atoms with Crippen molar-refractivity contribution in [3.8, 4) is 0 Å². The highest BCUT2D eigenvalue weighted by Gasteiger charge is 2.29. The first-order valence-corrected chi connectivity index (χ1v) is 8.16. The van der Waals surface area contributed by atoms with Gasteiger partial charge in [-0.3, -0.25) is 9.89 Å². The normalized spacial score (nSPS) is 15.8. The van der Waals surface area contributed by atoms with E-state index in [4.69, 9.17) is 11.6 Å². The van der Waals surface area contributed by atoms with Gasteiger partial charge in [0.25, 0.3) is 0 Å². The van der Waals surface area contributed by atoms with Gasteiger partial charge >= 0.3 is 6.18 Å². The number of hydrogen-bond donors (Lipinski definition) is 1. The molecule has 0 radical (unpaired) electrons. The number of guanidine groups is 1. The van der Waals surface area contributed by atoms with Crippen LogP contribution in [0, 0.1) is 0 Å². The smallest absolute Gasteiger partial charge is 0.354 e. The molecule has 1 aromatic rings. The van der Waals surface area contributed by atoms with Crippen molar-refractivity contribution >= 4 is 41.5 Å². The zero-order valence-electron chi connectivity index (χ0n) is 14.2. The van der Waals surface area contributed by atoms with E-state index in [0.29, 0.717) is 11.6 Å². The van der Waals surface area contributed by atoms with E-state index in [9.17, 15) is 13.2 Å². The number of aliphatic imine (C=N–C) groups is 1. The van der Waals surface area contributed by atoms with E-state index in [2.05, 4.69) is 10.3 Å². The number of halogens is 5. The van der Waals surface area contributed by atoms with E-state index in [0.717, 1.165) is 24.6 Å². The summed E-state index contributed by atoms with van der Waals surface area (Å²) in [6.45, 7) is 1.98. The van der Waals surface area contributed by atoms with Crippen molar-refractivity contribution in [3.05, 3.63) is 34.9 Å². The van der Waals surface area contributed by atoms with Crippen molar-refractivity contribution in [1.82, 2.24) is 15.1 Å². The maximum absolute atomic E-state index is 12.5. The summed E-state index contributed by atoms with van der Waals surface area (Å²) < 4.78 is 37.6. The Bertz CT molecular complexity index is 565. The zero-order valence-corrected chi connectivity index (χ0v) is 17.3. The lowest BCUT2D eigenvalue weighted by Crippen LogP contribution is -2.41. The van der Waals surface area contributed by atoms with Crippen molar-refractivity contribution in [2.75, 3.05) is 40.3 Å². The van der Waals surface area contributed by atoms with Crippen LogP contribution < -0.4 is 5.32 Å². The van der Waals surface area contributed by atoms with E-state index in [1.165, 1.54) is 0 Å². The highest BCUT2D eigenvalue weighted by molar-refractivity contribution is 14.0. The van der Waals surface area contributed by atoms with Crippen molar-refractivity contribution in [2.45, 2.75) is 18.6 Å². The van der Waals surface area contributed by atoms with Crippen molar-refractivity contribution < 1.29 is 13.2 Å². The molecule has 2 rings (SSSR count). The van der Waals surface area contributed by atoms with Crippen LogP contribution in [0.1, 0.15) is 18.0 Å². The van der Waals surface area contributed by atoms with Crippen molar-refractivity contribution in [3.63, 3.8) is 0 Å². The van der Waals surface area contributed by atoms with Crippen LogP contribution in [0.15, 0.2) is 29.3 Å². The Balaban J connectivity index is 0.00000312. The number of likely N-dealkylation sites (N-methyl/N-ethyl adjacent to an activating group) is 2. The minimum atomic E-state index is -4.16. The Hall–Kier alpha value is -0.740. The van der Waals surface area contributed by atoms with E-state index < -0.39 is 12.6 Å². The molecule has 0 saturated carbocycles. The zero-order chi connectivity index (χ0) is 17.7. The summed E-state index contributed by atoms with van der Waals surface area (Å²) in [4.78, 5) is 8.06. The van der Waals surface area contributed by atoms with Crippen molar-refractivity contribution in [1.29, 1.82) is 0 Å². The Morgan fingerprint density at radius 2 is 1.96 bits per heavy atom. The van der Waals surface area contributed by atoms with Crippen LogP contribution in [0.2, 0.25) is 5.02 Å². The van der Waals surface area contributed by atoms with Crippen LogP contribution in [-0.4, -0.2) is 62.2 Å². The summed E-state index contributed by atoms with van der Waals surface area (Å²) in [6.07, 6.45) is -5.00. The first kappa shape index (κ1) is 22.3. The van der Waals surface area contributed by atoms with Gasteiger partial charge < -0.3 is 10.2 Å². The molecule has 0 spiro atoms. The summed E-state index contributed by atoms with van der Waals surface area (Å²) >= 11 is 5.91. The number of nitrogens with one attached hydrogen (secondary N) is 1. The van der Waals surface area contributed by atoms with Gasteiger partial charge in [-0.15, -0.1) is 24.0 Å². The van der Waals surface area contributed by atoms with Crippen LogP contribution >= 0.6 is 35.6 Å². The van der Waals surface area contributed by atoms with Gasteiger partial charge in [0.2, 0.25) is 0 Å². The maximum Gasteiger partial charge on any atom is 0.390 e. The highest BCUT2D eigenvalue weighted by Crippen LogP contribution is 2.25. The summed E-state index contributed by atoms with van der Waals surface area (Å²) in [5, 5.41) is 3.84. The molecule has 25 heavy (non-hydrogen) atoms. The van der Waals surface area contributed by atoms with Gasteiger partial charge in [0.05, 0.1) is 19.0 Å². The van der Waals surface area contributed by atoms with Crippen LogP contribution in [0.3, 0.4) is 0 Å². The van der Waals surface area contributed by atoms with E-state index >= 15 is 0 Å². The predicted molar refractivity (Wildman–Crippen MR) is 106 cm³/mol. The van der Waals surface area contributed by atoms with Gasteiger partial charge in [-0.05, 0) is 24.7 Å². The molecule has 1 aliphatic heterocycles. The van der Waals surface area contributed by atoms with E-state index in [1.54, 1.807) is 24.1 Å². The molecule has 1 atom stereocenters. The largest absolute Gasteiger partial charge is 0.390 e. The first-order valence-electron chi connectivity index (χ1n) is 7.78. The Labute approximate surface area is 168 Å². The maximum atomic E-state index is 12.5. The molecule has 0 aromatic heterocycles. The Morgan fingerprint density at radius 3 is 2.48 bits per heavy atom. The quantitative estimate of drug-likeness (QED) is 0.616. The summed E-state index contributed by atoms with van der Waals surface area (Å²) in [6, 6.07) is 6.99. The third-order valence-electron chi connectivity index (χ3n) is 4.05. The van der Waals surface area contributed by atoms with Gasteiger partial charge in [0.1, 0.15) is 0 Å². The molecule has 4 nitrogen and oxygen atoms in total. The molecule has 0 amide bonds. The molecule has 0 aliphatic carbocycles. The molecule has 1 aliphatic rings. The first-order chi connectivity index (χ1) is 11.3. The molecule has 0 bridgehead atoms. The minimum Gasteiger partial charge on any atom is -0.354 e. The second-order valence-electron chi connectivity index (χ2n) is 5.92. The SMILES string of the molecule is CN1CCN=C1NCC(c1ccc(Cl)cc1)N(C)CCC(F)(F)F.I. The molecular formula is C16H23ClF3IN4. The molecule has 1 aromatic carbocycles. The van der Waals surface area contributed by atoms with Crippen LogP contribution in [0.5, 0.6) is 0 Å². The fourth-order valence-electron chi connectivity index (χ4n) is 2.58. The van der Waals surface area contributed by atoms with Gasteiger partial charge in [0.15, 0.2) is 5.96 Å². The molecular weight excluding hydrogens is 468 g/mol. The molecule has 9 heteroatoms. The molecule has 0 fully saturated rings. The fourth-order valence-corrected chi connectivity index (χ4v) is 2.71. The third-order valence-corrected chi connectivity index (χ3v) is 4.30. The fraction of sp³-hybridized carbons (Fsp3) is 0.562. The molecule has 142 valence electrons. The Kier molecular flexibility index (Phi) is 8.76. The van der Waals surface area contributed by atoms with Gasteiger partial charge in [-0.2, -0.15) is 13.2 Å². The number of alkyl halides is 3. The lowest BCUT2D eigenvalue weighted by Gasteiger charge is -2.30. The molecule has 1 heterocycles. The van der Waals surface area contributed by atoms with Crippen LogP contribution in [0.25, 0.3) is 0 Å². The van der Waals surface area contributed by atoms with Crippen LogP contribution in [0.4, 0.5) is 13.2 Å². The number of rotatable bonds is 6. The number of benzene rings is 1. The van der Waals surface area contributed by atoms with Crippen LogP contribution in [-0.2, 0) is 0 Å². The van der Waals surface area contributed by atoms with Gasteiger partial charge in [0, 0.05) is 31.7 Å². The average molecular weight is 491 g/mol. The van der Waals surface area contributed by atoms with E-state index in [1.807, 2.05) is 24.1 Å². The third kappa shape index (κ3) is 7.18. The lowest BCUT2D eigenvalue weighted by molar-refractivity contribution is -0.138. The molecule has 1 unspecified atom stereocenters. The molecule has 1 N–H and O–H groups in total. The minimum absolute atomic E-state index is 0. The summed E-state index contributed by atoms with van der Waals surface area (Å²) in [7, 11) is 3.64. The Morgan fingerprint density at radius 1 is 1.32 bits per heavy atom. The highest BCUT2D eigenvalue weighted by atomic mass is 127. The average Bonchev–Trinajstić information content (AvgIpc) is 2.92. The summed E-state index contributed by atoms with van der Waals surface area (Å²) in [5.41, 5.74) is 0.915. The topological polar surface area (TPSA) is 30.9 Å². The summed E-state index contributed by atoms with van der Waals surface area (Å²) in [5.74, 6) is 0.776. The second-order valence-corrected chi connectivity index (χ2v) is 6.36. The predicted octanol–water partition coefficient (Wildman–Crippen LogP) is 3.77. The lowest BCUT2D eigenvalue weighted by atomic mass is 10.1. The van der Waals surface area contributed by atoms with Gasteiger partial charge in [-0.1, -0.05) is 23.7 Å². The standard InChI is InChI=1S/C16H22ClF3N4.HI/c1-23(9-7-16(18,19)20)14(12-3-5-13(17)6-4-12)11-22-15-21-8-10-24(15)2;/h3-6,14H,7-11H2,1-2H3,(H,21,22);1H. The van der Waals surface area contributed by atoms with Crippen molar-refractivity contribution in [2.24, 2.45) is 4.99 Å². The number of hydrogen-bond acceptors (Lipinski definition) is 4. The van der Waals surface area contributed by atoms with Gasteiger partial charge in [-0.25, -0.2) is 0 Å². The second kappa shape index (κ2) is 9.82. The van der Waals surface area contributed by atoms with E-state index in [-0.39, 0.29) is 36.6 Å². The molecule has 0 saturated heterocycles. The monoisotopic (exact) mass is 490 g/mol. The number of nitrogens with zero attached hydrogens (tertiary/aromatic N) is 3.